The molecule has 0 bridgehead atoms. The lowest BCUT2D eigenvalue weighted by Crippen LogP contribution is -2.25. The van der Waals surface area contributed by atoms with Crippen LogP contribution in [0.4, 0.5) is 0 Å². The van der Waals surface area contributed by atoms with Crippen LogP contribution in [-0.4, -0.2) is 22.3 Å². The molecule has 31 heavy (non-hydrogen) atoms. The van der Waals surface area contributed by atoms with Gasteiger partial charge in [0.1, 0.15) is 11.5 Å². The molecule has 1 amide bonds. The fraction of sp³-hybridized carbons (Fsp3) is 0.200. The summed E-state index contributed by atoms with van der Waals surface area (Å²) in [4.78, 5) is 13.0. The van der Waals surface area contributed by atoms with Gasteiger partial charge in [-0.1, -0.05) is 60.7 Å². The molecule has 1 fully saturated rings. The first kappa shape index (κ1) is 21.1. The fourth-order valence-electron chi connectivity index (χ4n) is 4.20. The van der Waals surface area contributed by atoms with E-state index in [4.69, 9.17) is 0 Å². The third-order valence-corrected chi connectivity index (χ3v) is 7.10. The Hall–Kier alpha value is -3.12. The number of carbonyl (C=O) groups excluding carboxylic acids is 1. The van der Waals surface area contributed by atoms with E-state index in [2.05, 4.69) is 50.7 Å². The Balaban J connectivity index is 1.58. The summed E-state index contributed by atoms with van der Waals surface area (Å²) in [6, 6.07) is 20.1. The topological polar surface area (TPSA) is 81.9 Å². The van der Waals surface area contributed by atoms with E-state index in [0.717, 1.165) is 11.1 Å². The Morgan fingerprint density at radius 2 is 1.55 bits per heavy atom. The largest absolute Gasteiger partial charge is 0.507 e. The highest BCUT2D eigenvalue weighted by atomic mass is 79.9. The number of rotatable bonds is 5. The molecule has 4 rings (SSSR count). The first-order valence-corrected chi connectivity index (χ1v) is 10.8. The van der Waals surface area contributed by atoms with Crippen molar-refractivity contribution < 1.29 is 15.0 Å². The number of hydrogen-bond acceptors (Lipinski definition) is 4. The highest BCUT2D eigenvalue weighted by Crippen LogP contribution is 2.58. The molecule has 0 unspecified atom stereocenters. The molecule has 1 saturated carbocycles. The SMILES string of the molecule is Cc1c(O)c(Br)c(C)c(C=NNC(=O)[C@H]2CC2(c2ccccc2)c2ccccc2)c1O. The number of phenolic OH excluding ortho intramolecular Hbond substituents is 2. The monoisotopic (exact) mass is 478 g/mol. The molecule has 158 valence electrons. The molecule has 0 heterocycles. The van der Waals surface area contributed by atoms with Crippen molar-refractivity contribution in [3.8, 4) is 11.5 Å². The Labute approximate surface area is 189 Å². The van der Waals surface area contributed by atoms with Crippen LogP contribution in [0.3, 0.4) is 0 Å². The third-order valence-electron chi connectivity index (χ3n) is 6.13. The van der Waals surface area contributed by atoms with Crippen LogP contribution in [0.5, 0.6) is 11.5 Å². The minimum Gasteiger partial charge on any atom is -0.507 e. The molecule has 5 nitrogen and oxygen atoms in total. The van der Waals surface area contributed by atoms with Crippen LogP contribution in [0.25, 0.3) is 0 Å². The molecule has 6 heteroatoms. The second-order valence-electron chi connectivity index (χ2n) is 7.87. The van der Waals surface area contributed by atoms with Gasteiger partial charge in [0.05, 0.1) is 16.6 Å². The van der Waals surface area contributed by atoms with Crippen molar-refractivity contribution in [2.24, 2.45) is 11.0 Å². The van der Waals surface area contributed by atoms with Gasteiger partial charge in [0, 0.05) is 16.5 Å². The van der Waals surface area contributed by atoms with E-state index in [0.29, 0.717) is 27.6 Å². The number of amides is 1. The number of carbonyl (C=O) groups is 1. The van der Waals surface area contributed by atoms with Gasteiger partial charge >= 0.3 is 0 Å². The van der Waals surface area contributed by atoms with Crippen molar-refractivity contribution in [3.63, 3.8) is 0 Å². The molecule has 3 aromatic carbocycles. The van der Waals surface area contributed by atoms with Gasteiger partial charge in [0.25, 0.3) is 0 Å². The number of hydrogen-bond donors (Lipinski definition) is 3. The average molecular weight is 479 g/mol. The first-order chi connectivity index (χ1) is 14.9. The normalized spacial score (nSPS) is 16.9. The van der Waals surface area contributed by atoms with E-state index in [1.165, 1.54) is 6.21 Å². The fourth-order valence-corrected chi connectivity index (χ4v) is 4.71. The lowest BCUT2D eigenvalue weighted by molar-refractivity contribution is -0.122. The summed E-state index contributed by atoms with van der Waals surface area (Å²) in [5, 5.41) is 24.5. The summed E-state index contributed by atoms with van der Waals surface area (Å²) in [6.45, 7) is 3.37. The van der Waals surface area contributed by atoms with Crippen LogP contribution in [0.2, 0.25) is 0 Å². The second kappa shape index (κ2) is 8.19. The molecule has 0 radical (unpaired) electrons. The van der Waals surface area contributed by atoms with Gasteiger partial charge in [-0.15, -0.1) is 0 Å². The van der Waals surface area contributed by atoms with Crippen molar-refractivity contribution in [2.45, 2.75) is 25.7 Å². The summed E-state index contributed by atoms with van der Waals surface area (Å²) < 4.78 is 0.491. The van der Waals surface area contributed by atoms with E-state index in [1.54, 1.807) is 13.8 Å². The zero-order valence-electron chi connectivity index (χ0n) is 17.3. The number of hydrazone groups is 1. The molecular weight excluding hydrogens is 456 g/mol. The molecule has 1 aliphatic carbocycles. The van der Waals surface area contributed by atoms with Crippen LogP contribution < -0.4 is 5.43 Å². The Morgan fingerprint density at radius 3 is 2.10 bits per heavy atom. The molecule has 0 spiro atoms. The summed E-state index contributed by atoms with van der Waals surface area (Å²) in [5.41, 5.74) is 5.91. The molecule has 1 aliphatic rings. The van der Waals surface area contributed by atoms with Gasteiger partial charge in [-0.05, 0) is 52.9 Å². The zero-order valence-corrected chi connectivity index (χ0v) is 18.8. The van der Waals surface area contributed by atoms with Crippen molar-refractivity contribution >= 4 is 28.1 Å². The Bertz CT molecular complexity index is 1090. The van der Waals surface area contributed by atoms with Crippen molar-refractivity contribution in [1.29, 1.82) is 0 Å². The molecule has 0 saturated heterocycles. The highest BCUT2D eigenvalue weighted by Gasteiger charge is 2.60. The number of phenols is 2. The van der Waals surface area contributed by atoms with Crippen LogP contribution in [0.15, 0.2) is 70.2 Å². The Morgan fingerprint density at radius 1 is 1.00 bits per heavy atom. The van der Waals surface area contributed by atoms with Crippen LogP contribution >= 0.6 is 15.9 Å². The smallest absolute Gasteiger partial charge is 0.244 e. The number of nitrogens with zero attached hydrogens (tertiary/aromatic N) is 1. The molecule has 0 aliphatic heterocycles. The van der Waals surface area contributed by atoms with Gasteiger partial charge in [-0.25, -0.2) is 5.43 Å². The second-order valence-corrected chi connectivity index (χ2v) is 8.66. The van der Waals surface area contributed by atoms with Gasteiger partial charge in [-0.2, -0.15) is 5.10 Å². The van der Waals surface area contributed by atoms with E-state index in [-0.39, 0.29) is 28.7 Å². The Kier molecular flexibility index (Phi) is 5.58. The predicted octanol–water partition coefficient (Wildman–Crippen LogP) is 4.93. The molecule has 3 N–H and O–H groups in total. The standard InChI is InChI=1S/C25H23BrN2O3/c1-15-19(22(29)16(2)23(30)21(15)26)14-27-28-24(31)20-13-25(20,17-9-5-3-6-10-17)18-11-7-4-8-12-18/h3-12,14,20,29-30H,13H2,1-2H3,(H,28,31)/t20-/m1/s1. The van der Waals surface area contributed by atoms with E-state index in [9.17, 15) is 15.0 Å². The highest BCUT2D eigenvalue weighted by molar-refractivity contribution is 9.10. The van der Waals surface area contributed by atoms with Crippen LogP contribution in [-0.2, 0) is 10.2 Å². The van der Waals surface area contributed by atoms with Crippen molar-refractivity contribution in [1.82, 2.24) is 5.43 Å². The molecule has 0 aromatic heterocycles. The van der Waals surface area contributed by atoms with Crippen LogP contribution in [0.1, 0.15) is 34.2 Å². The minimum atomic E-state index is -0.363. The number of aromatic hydroxyl groups is 2. The summed E-state index contributed by atoms with van der Waals surface area (Å²) >= 11 is 3.33. The van der Waals surface area contributed by atoms with E-state index in [1.807, 2.05) is 36.4 Å². The van der Waals surface area contributed by atoms with E-state index < -0.39 is 0 Å². The first-order valence-electron chi connectivity index (χ1n) is 10.0. The molecule has 3 aromatic rings. The van der Waals surface area contributed by atoms with Crippen molar-refractivity contribution in [2.75, 3.05) is 0 Å². The lowest BCUT2D eigenvalue weighted by Gasteiger charge is -2.18. The third kappa shape index (κ3) is 3.61. The van der Waals surface area contributed by atoms with Gasteiger partial charge in [-0.3, -0.25) is 4.79 Å². The number of halogens is 1. The number of nitrogens with one attached hydrogen (secondary N) is 1. The van der Waals surface area contributed by atoms with Gasteiger partial charge in [0.15, 0.2) is 0 Å². The average Bonchev–Trinajstić information content (AvgIpc) is 3.57. The maximum Gasteiger partial charge on any atom is 0.244 e. The zero-order chi connectivity index (χ0) is 22.2. The lowest BCUT2D eigenvalue weighted by atomic mass is 9.85. The van der Waals surface area contributed by atoms with Gasteiger partial charge < -0.3 is 10.2 Å². The predicted molar refractivity (Wildman–Crippen MR) is 124 cm³/mol. The minimum absolute atomic E-state index is 0.00956. The molecule has 1 atom stereocenters. The van der Waals surface area contributed by atoms with Gasteiger partial charge in [0.2, 0.25) is 5.91 Å². The van der Waals surface area contributed by atoms with Crippen LogP contribution in [0, 0.1) is 19.8 Å². The number of benzene rings is 3. The molecular formula is C25H23BrN2O3. The summed E-state index contributed by atoms with van der Waals surface area (Å²) in [7, 11) is 0. The summed E-state index contributed by atoms with van der Waals surface area (Å²) in [6.07, 6.45) is 2.12. The quantitative estimate of drug-likeness (QED) is 0.359. The summed E-state index contributed by atoms with van der Waals surface area (Å²) in [5.74, 6) is -0.483. The maximum absolute atomic E-state index is 13.0. The van der Waals surface area contributed by atoms with Crippen molar-refractivity contribution in [3.05, 3.63) is 93.0 Å². The maximum atomic E-state index is 13.0. The van der Waals surface area contributed by atoms with E-state index >= 15 is 0 Å².